The Labute approximate surface area is 106 Å². The van der Waals surface area contributed by atoms with Gasteiger partial charge in [0.15, 0.2) is 0 Å². The van der Waals surface area contributed by atoms with Crippen LogP contribution in [0.4, 0.5) is 5.69 Å². The molecule has 0 spiro atoms. The number of amides is 2. The topological polar surface area (TPSA) is 75.4 Å². The molecule has 2 rings (SSSR count). The van der Waals surface area contributed by atoms with Crippen LogP contribution < -0.4 is 11.1 Å². The van der Waals surface area contributed by atoms with Crippen LogP contribution in [0, 0.1) is 6.92 Å². The lowest BCUT2D eigenvalue weighted by Crippen LogP contribution is -2.55. The number of hydrogen-bond donors (Lipinski definition) is 2. The fourth-order valence-electron chi connectivity index (χ4n) is 2.08. The van der Waals surface area contributed by atoms with Gasteiger partial charge in [0, 0.05) is 18.8 Å². The van der Waals surface area contributed by atoms with Crippen LogP contribution in [0.25, 0.3) is 0 Å². The van der Waals surface area contributed by atoms with Gasteiger partial charge in [-0.25, -0.2) is 0 Å². The largest absolute Gasteiger partial charge is 0.398 e. The molecule has 5 heteroatoms. The summed E-state index contributed by atoms with van der Waals surface area (Å²) in [5.41, 5.74) is 7.75. The molecule has 1 heterocycles. The first kappa shape index (κ1) is 12.4. The molecule has 0 saturated carbocycles. The fourth-order valence-corrected chi connectivity index (χ4v) is 2.08. The van der Waals surface area contributed by atoms with Gasteiger partial charge in [0.2, 0.25) is 5.91 Å². The zero-order valence-corrected chi connectivity index (χ0v) is 10.6. The van der Waals surface area contributed by atoms with Gasteiger partial charge in [0.05, 0.1) is 5.56 Å². The van der Waals surface area contributed by atoms with Gasteiger partial charge in [0.25, 0.3) is 5.91 Å². The third-order valence-corrected chi connectivity index (χ3v) is 3.31. The number of rotatable bonds is 1. The molecule has 1 aromatic carbocycles. The average molecular weight is 247 g/mol. The molecule has 96 valence electrons. The summed E-state index contributed by atoms with van der Waals surface area (Å²) in [6, 6.07) is 4.90. The number of hydrogen-bond acceptors (Lipinski definition) is 3. The summed E-state index contributed by atoms with van der Waals surface area (Å²) in [6.07, 6.45) is 0. The van der Waals surface area contributed by atoms with E-state index in [1.165, 1.54) is 0 Å². The van der Waals surface area contributed by atoms with E-state index in [-0.39, 0.29) is 11.8 Å². The number of benzene rings is 1. The lowest BCUT2D eigenvalue weighted by Gasteiger charge is -2.33. The van der Waals surface area contributed by atoms with Crippen LogP contribution in [0.1, 0.15) is 22.8 Å². The van der Waals surface area contributed by atoms with Crippen LogP contribution in [-0.4, -0.2) is 35.8 Å². The molecule has 1 aromatic rings. The minimum Gasteiger partial charge on any atom is -0.398 e. The summed E-state index contributed by atoms with van der Waals surface area (Å²) in [4.78, 5) is 25.5. The van der Waals surface area contributed by atoms with Crippen LogP contribution in [0.3, 0.4) is 0 Å². The van der Waals surface area contributed by atoms with E-state index in [2.05, 4.69) is 5.32 Å². The molecule has 0 radical (unpaired) electrons. The highest BCUT2D eigenvalue weighted by atomic mass is 16.2. The maximum atomic E-state index is 12.4. The molecule has 1 unspecified atom stereocenters. The van der Waals surface area contributed by atoms with Crippen molar-refractivity contribution >= 4 is 17.5 Å². The summed E-state index contributed by atoms with van der Waals surface area (Å²) >= 11 is 0. The number of nitrogens with one attached hydrogen (secondary N) is 1. The Kier molecular flexibility index (Phi) is 3.23. The normalized spacial score (nSPS) is 19.6. The van der Waals surface area contributed by atoms with Gasteiger partial charge in [0.1, 0.15) is 6.04 Å². The van der Waals surface area contributed by atoms with E-state index >= 15 is 0 Å². The van der Waals surface area contributed by atoms with E-state index in [9.17, 15) is 9.59 Å². The van der Waals surface area contributed by atoms with Crippen LogP contribution in [0.5, 0.6) is 0 Å². The van der Waals surface area contributed by atoms with Gasteiger partial charge in [-0.2, -0.15) is 0 Å². The Morgan fingerprint density at radius 3 is 2.94 bits per heavy atom. The molecule has 5 nitrogen and oxygen atoms in total. The van der Waals surface area contributed by atoms with E-state index < -0.39 is 6.04 Å². The van der Waals surface area contributed by atoms with Crippen molar-refractivity contribution in [1.82, 2.24) is 10.2 Å². The van der Waals surface area contributed by atoms with Crippen molar-refractivity contribution in [2.75, 3.05) is 18.8 Å². The van der Waals surface area contributed by atoms with Crippen LogP contribution in [0.15, 0.2) is 18.2 Å². The van der Waals surface area contributed by atoms with Crippen LogP contribution in [-0.2, 0) is 4.79 Å². The van der Waals surface area contributed by atoms with Crippen molar-refractivity contribution in [1.29, 1.82) is 0 Å². The lowest BCUT2D eigenvalue weighted by atomic mass is 10.1. The van der Waals surface area contributed by atoms with E-state index in [4.69, 9.17) is 5.73 Å². The van der Waals surface area contributed by atoms with Crippen molar-refractivity contribution < 1.29 is 9.59 Å². The van der Waals surface area contributed by atoms with Crippen molar-refractivity contribution in [2.24, 2.45) is 0 Å². The Hall–Kier alpha value is -2.04. The SMILES string of the molecule is Cc1cccc(C(=O)N2CCNC(=O)C2C)c1N. The third kappa shape index (κ3) is 2.03. The fraction of sp³-hybridized carbons (Fsp3) is 0.385. The molecule has 1 aliphatic heterocycles. The molecule has 1 atom stereocenters. The van der Waals surface area contributed by atoms with Crippen molar-refractivity contribution in [3.8, 4) is 0 Å². The predicted octanol–water partition coefficient (Wildman–Crippen LogP) is 0.538. The molecule has 1 saturated heterocycles. The molecule has 18 heavy (non-hydrogen) atoms. The highest BCUT2D eigenvalue weighted by molar-refractivity contribution is 6.02. The quantitative estimate of drug-likeness (QED) is 0.711. The van der Waals surface area contributed by atoms with Gasteiger partial charge >= 0.3 is 0 Å². The summed E-state index contributed by atoms with van der Waals surface area (Å²) in [5.74, 6) is -0.306. The Balaban J connectivity index is 2.31. The summed E-state index contributed by atoms with van der Waals surface area (Å²) in [5, 5.41) is 2.73. The number of piperazine rings is 1. The van der Waals surface area contributed by atoms with E-state index in [0.717, 1.165) is 5.56 Å². The highest BCUT2D eigenvalue weighted by Gasteiger charge is 2.30. The number of aryl methyl sites for hydroxylation is 1. The van der Waals surface area contributed by atoms with E-state index in [1.54, 1.807) is 24.0 Å². The predicted molar refractivity (Wildman–Crippen MR) is 69.1 cm³/mol. The number of carbonyl (C=O) groups is 2. The monoisotopic (exact) mass is 247 g/mol. The summed E-state index contributed by atoms with van der Waals surface area (Å²) in [7, 11) is 0. The zero-order chi connectivity index (χ0) is 13.3. The minimum atomic E-state index is -0.453. The number of nitrogen functional groups attached to an aromatic ring is 1. The zero-order valence-electron chi connectivity index (χ0n) is 10.6. The number of nitrogens with zero attached hydrogens (tertiary/aromatic N) is 1. The first-order valence-electron chi connectivity index (χ1n) is 5.96. The Morgan fingerprint density at radius 1 is 1.50 bits per heavy atom. The first-order chi connectivity index (χ1) is 8.52. The van der Waals surface area contributed by atoms with Gasteiger partial charge < -0.3 is 16.0 Å². The van der Waals surface area contributed by atoms with Gasteiger partial charge in [-0.1, -0.05) is 12.1 Å². The first-order valence-corrected chi connectivity index (χ1v) is 5.96. The molecule has 1 aliphatic rings. The van der Waals surface area contributed by atoms with Gasteiger partial charge in [-0.05, 0) is 25.5 Å². The Bertz CT molecular complexity index is 499. The number of nitrogens with two attached hydrogens (primary N) is 1. The second-order valence-corrected chi connectivity index (χ2v) is 4.50. The van der Waals surface area contributed by atoms with Crippen LogP contribution >= 0.6 is 0 Å². The lowest BCUT2D eigenvalue weighted by molar-refractivity contribution is -0.127. The maximum absolute atomic E-state index is 12.4. The second-order valence-electron chi connectivity index (χ2n) is 4.50. The van der Waals surface area contributed by atoms with E-state index in [1.807, 2.05) is 13.0 Å². The summed E-state index contributed by atoms with van der Waals surface area (Å²) < 4.78 is 0. The standard InChI is InChI=1S/C13H17N3O2/c1-8-4-3-5-10(11(8)14)13(18)16-7-6-15-12(17)9(16)2/h3-5,9H,6-7,14H2,1-2H3,(H,15,17). The molecular weight excluding hydrogens is 230 g/mol. The summed E-state index contributed by atoms with van der Waals surface area (Å²) in [6.45, 7) is 4.58. The van der Waals surface area contributed by atoms with Gasteiger partial charge in [-0.3, -0.25) is 9.59 Å². The number of para-hydroxylation sites is 1. The molecule has 2 amide bonds. The highest BCUT2D eigenvalue weighted by Crippen LogP contribution is 2.20. The Morgan fingerprint density at radius 2 is 2.22 bits per heavy atom. The van der Waals surface area contributed by atoms with Crippen molar-refractivity contribution in [2.45, 2.75) is 19.9 Å². The molecule has 0 aromatic heterocycles. The smallest absolute Gasteiger partial charge is 0.256 e. The molecule has 0 aliphatic carbocycles. The van der Waals surface area contributed by atoms with Crippen LogP contribution in [0.2, 0.25) is 0 Å². The second kappa shape index (κ2) is 4.68. The number of anilines is 1. The molecule has 0 bridgehead atoms. The van der Waals surface area contributed by atoms with Crippen molar-refractivity contribution in [3.63, 3.8) is 0 Å². The van der Waals surface area contributed by atoms with Crippen molar-refractivity contribution in [3.05, 3.63) is 29.3 Å². The van der Waals surface area contributed by atoms with Gasteiger partial charge in [-0.15, -0.1) is 0 Å². The molecule has 3 N–H and O–H groups in total. The molecule has 1 fully saturated rings. The number of carbonyl (C=O) groups excluding carboxylic acids is 2. The average Bonchev–Trinajstić information content (AvgIpc) is 2.35. The molecular formula is C13H17N3O2. The minimum absolute atomic E-state index is 0.124. The maximum Gasteiger partial charge on any atom is 0.256 e. The third-order valence-electron chi connectivity index (χ3n) is 3.31. The van der Waals surface area contributed by atoms with E-state index in [0.29, 0.717) is 24.3 Å².